The van der Waals surface area contributed by atoms with Crippen LogP contribution in [-0.4, -0.2) is 23.0 Å². The fraction of sp³-hybridized carbons (Fsp3) is 1.00. The van der Waals surface area contributed by atoms with Gasteiger partial charge in [0.1, 0.15) is 0 Å². The van der Waals surface area contributed by atoms with Crippen LogP contribution in [0.3, 0.4) is 0 Å². The van der Waals surface area contributed by atoms with E-state index in [9.17, 15) is 0 Å². The predicted octanol–water partition coefficient (Wildman–Crippen LogP) is 7.73. The van der Waals surface area contributed by atoms with Crippen molar-refractivity contribution in [1.29, 1.82) is 0 Å². The molecule has 1 heteroatoms. The van der Waals surface area contributed by atoms with Crippen molar-refractivity contribution in [2.75, 3.05) is 0 Å². The van der Waals surface area contributed by atoms with Crippen LogP contribution in [0.15, 0.2) is 0 Å². The lowest BCUT2D eigenvalue weighted by Crippen LogP contribution is -2.51. The second kappa shape index (κ2) is 11.1. The number of nitrogens with zero attached hydrogens (tertiary/aromatic N) is 1. The summed E-state index contributed by atoms with van der Waals surface area (Å²) in [5.41, 5.74) is 0. The first-order valence-corrected chi connectivity index (χ1v) is 12.5. The van der Waals surface area contributed by atoms with Crippen LogP contribution in [0.2, 0.25) is 0 Å². The van der Waals surface area contributed by atoms with E-state index in [-0.39, 0.29) is 0 Å². The lowest BCUT2D eigenvalue weighted by Gasteiger charge is -2.46. The van der Waals surface area contributed by atoms with E-state index in [2.05, 4.69) is 18.7 Å². The van der Waals surface area contributed by atoms with Gasteiger partial charge in [0.15, 0.2) is 0 Å². The van der Waals surface area contributed by atoms with E-state index in [1.165, 1.54) is 116 Å². The van der Waals surface area contributed by atoms with E-state index in [0.717, 1.165) is 30.0 Å². The molecule has 152 valence electrons. The van der Waals surface area contributed by atoms with E-state index >= 15 is 0 Å². The van der Waals surface area contributed by atoms with Crippen LogP contribution < -0.4 is 0 Å². The molecule has 0 saturated heterocycles. The Morgan fingerprint density at radius 3 is 1.69 bits per heavy atom. The first-order valence-electron chi connectivity index (χ1n) is 12.5. The van der Waals surface area contributed by atoms with Crippen LogP contribution in [0.1, 0.15) is 129 Å². The molecule has 0 aromatic heterocycles. The lowest BCUT2D eigenvalue weighted by molar-refractivity contribution is 0.0275. The molecule has 0 aromatic carbocycles. The highest BCUT2D eigenvalue weighted by molar-refractivity contribution is 4.90. The summed E-state index contributed by atoms with van der Waals surface area (Å²) in [7, 11) is 0. The number of rotatable bonds is 4. The maximum Gasteiger partial charge on any atom is 0.0104 e. The molecule has 0 bridgehead atoms. The van der Waals surface area contributed by atoms with Crippen molar-refractivity contribution in [1.82, 2.24) is 4.90 Å². The highest BCUT2D eigenvalue weighted by atomic mass is 15.2. The minimum atomic E-state index is 0.825. The van der Waals surface area contributed by atoms with Crippen LogP contribution >= 0.6 is 0 Å². The van der Waals surface area contributed by atoms with Gasteiger partial charge in [0.25, 0.3) is 0 Å². The van der Waals surface area contributed by atoms with Gasteiger partial charge < -0.3 is 0 Å². The summed E-state index contributed by atoms with van der Waals surface area (Å²) < 4.78 is 0. The summed E-state index contributed by atoms with van der Waals surface area (Å²) >= 11 is 0. The Morgan fingerprint density at radius 2 is 1.04 bits per heavy atom. The Labute approximate surface area is 164 Å². The van der Waals surface area contributed by atoms with Gasteiger partial charge in [0.05, 0.1) is 0 Å². The summed E-state index contributed by atoms with van der Waals surface area (Å²) in [4.78, 5) is 3.15. The standard InChI is InChI=1S/C25H47N/c1-21-14-12-13-19-25(20-21)26(24-17-10-6-7-11-18-24)22(2)23-15-8-4-3-5-9-16-23/h21-25H,3-20H2,1-2H3. The molecule has 3 saturated carbocycles. The molecule has 3 rings (SSSR count). The largest absolute Gasteiger partial charge is 0.294 e. The molecule has 0 radical (unpaired) electrons. The number of hydrogen-bond donors (Lipinski definition) is 0. The zero-order chi connectivity index (χ0) is 18.2. The molecule has 0 spiro atoms. The van der Waals surface area contributed by atoms with Gasteiger partial charge in [-0.1, -0.05) is 84.0 Å². The second-order valence-electron chi connectivity index (χ2n) is 10.2. The Hall–Kier alpha value is -0.0400. The quantitative estimate of drug-likeness (QED) is 0.463. The average Bonchev–Trinajstić information content (AvgIpc) is 2.98. The van der Waals surface area contributed by atoms with Crippen molar-refractivity contribution in [3.8, 4) is 0 Å². The van der Waals surface area contributed by atoms with Crippen LogP contribution in [0.4, 0.5) is 0 Å². The lowest BCUT2D eigenvalue weighted by atomic mass is 9.83. The van der Waals surface area contributed by atoms with Crippen molar-refractivity contribution in [3.05, 3.63) is 0 Å². The SMILES string of the molecule is CC1CCCCC(N(C2CCCCCC2)C(C)C2CCCCCCC2)C1. The summed E-state index contributed by atoms with van der Waals surface area (Å²) in [5, 5.41) is 0. The van der Waals surface area contributed by atoms with Crippen LogP contribution in [-0.2, 0) is 0 Å². The van der Waals surface area contributed by atoms with Gasteiger partial charge in [-0.25, -0.2) is 0 Å². The summed E-state index contributed by atoms with van der Waals surface area (Å²) in [5.74, 6) is 1.91. The van der Waals surface area contributed by atoms with E-state index < -0.39 is 0 Å². The van der Waals surface area contributed by atoms with Gasteiger partial charge in [-0.3, -0.25) is 4.90 Å². The van der Waals surface area contributed by atoms with Crippen LogP contribution in [0.25, 0.3) is 0 Å². The smallest absolute Gasteiger partial charge is 0.0104 e. The molecule has 0 aliphatic heterocycles. The topological polar surface area (TPSA) is 3.24 Å². The third-order valence-corrected chi connectivity index (χ3v) is 8.13. The van der Waals surface area contributed by atoms with Gasteiger partial charge in [0.2, 0.25) is 0 Å². The second-order valence-corrected chi connectivity index (χ2v) is 10.2. The highest BCUT2D eigenvalue weighted by Crippen LogP contribution is 2.36. The maximum absolute atomic E-state index is 3.15. The Balaban J connectivity index is 1.75. The highest BCUT2D eigenvalue weighted by Gasteiger charge is 2.35. The van der Waals surface area contributed by atoms with Crippen molar-refractivity contribution >= 4 is 0 Å². The fourth-order valence-corrected chi connectivity index (χ4v) is 6.58. The maximum atomic E-state index is 3.15. The van der Waals surface area contributed by atoms with Crippen LogP contribution in [0.5, 0.6) is 0 Å². The van der Waals surface area contributed by atoms with Gasteiger partial charge in [-0.2, -0.15) is 0 Å². The molecule has 3 aliphatic rings. The molecule has 3 atom stereocenters. The van der Waals surface area contributed by atoms with Gasteiger partial charge in [-0.15, -0.1) is 0 Å². The summed E-state index contributed by atoms with van der Waals surface area (Å²) in [6.45, 7) is 5.18. The predicted molar refractivity (Wildman–Crippen MR) is 115 cm³/mol. The molecule has 0 amide bonds. The molecule has 0 N–H and O–H groups in total. The molecule has 26 heavy (non-hydrogen) atoms. The summed E-state index contributed by atoms with van der Waals surface area (Å²) in [6, 6.07) is 2.61. The minimum absolute atomic E-state index is 0.825. The first-order chi connectivity index (χ1) is 12.8. The molecule has 3 aliphatic carbocycles. The third kappa shape index (κ3) is 5.98. The molecule has 0 heterocycles. The number of hydrogen-bond acceptors (Lipinski definition) is 1. The Bertz CT molecular complexity index is 362. The molecular weight excluding hydrogens is 314 g/mol. The monoisotopic (exact) mass is 361 g/mol. The van der Waals surface area contributed by atoms with E-state index in [0.29, 0.717) is 0 Å². The average molecular weight is 362 g/mol. The Kier molecular flexibility index (Phi) is 8.82. The minimum Gasteiger partial charge on any atom is -0.294 e. The third-order valence-electron chi connectivity index (χ3n) is 8.13. The zero-order valence-electron chi connectivity index (χ0n) is 18.1. The van der Waals surface area contributed by atoms with E-state index in [1.807, 2.05) is 0 Å². The van der Waals surface area contributed by atoms with Gasteiger partial charge >= 0.3 is 0 Å². The normalized spacial score (nSPS) is 32.4. The van der Waals surface area contributed by atoms with Crippen molar-refractivity contribution in [3.63, 3.8) is 0 Å². The Morgan fingerprint density at radius 1 is 0.577 bits per heavy atom. The molecule has 0 aromatic rings. The van der Waals surface area contributed by atoms with E-state index in [1.54, 1.807) is 0 Å². The fourth-order valence-electron chi connectivity index (χ4n) is 6.58. The van der Waals surface area contributed by atoms with Crippen LogP contribution in [0, 0.1) is 11.8 Å². The molecule has 1 nitrogen and oxygen atoms in total. The van der Waals surface area contributed by atoms with E-state index in [4.69, 9.17) is 0 Å². The summed E-state index contributed by atoms with van der Waals surface area (Å²) in [6.07, 6.45) is 26.8. The molecule has 3 fully saturated rings. The first kappa shape index (κ1) is 20.7. The van der Waals surface area contributed by atoms with Crippen molar-refractivity contribution < 1.29 is 0 Å². The zero-order valence-corrected chi connectivity index (χ0v) is 18.1. The molecular formula is C25H47N. The van der Waals surface area contributed by atoms with Gasteiger partial charge in [-0.05, 0) is 57.3 Å². The molecule has 3 unspecified atom stereocenters. The van der Waals surface area contributed by atoms with Gasteiger partial charge in [0, 0.05) is 18.1 Å². The van der Waals surface area contributed by atoms with Crippen molar-refractivity contribution in [2.45, 2.75) is 148 Å². The van der Waals surface area contributed by atoms with Crippen molar-refractivity contribution in [2.24, 2.45) is 11.8 Å².